The zero-order valence-electron chi connectivity index (χ0n) is 11.2. The fraction of sp³-hybridized carbons (Fsp3) is 0.467. The van der Waals surface area contributed by atoms with E-state index in [0.717, 1.165) is 12.8 Å². The van der Waals surface area contributed by atoms with Crippen molar-refractivity contribution in [2.75, 3.05) is 0 Å². The summed E-state index contributed by atoms with van der Waals surface area (Å²) in [5, 5.41) is 12.2. The molecule has 1 fully saturated rings. The van der Waals surface area contributed by atoms with Crippen LogP contribution >= 0.6 is 15.9 Å². The lowest BCUT2D eigenvalue weighted by Crippen LogP contribution is -2.49. The summed E-state index contributed by atoms with van der Waals surface area (Å²) in [5.74, 6) is -0.302. The maximum absolute atomic E-state index is 13.2. The first-order chi connectivity index (χ1) is 9.46. The van der Waals surface area contributed by atoms with Crippen molar-refractivity contribution >= 4 is 21.8 Å². The van der Waals surface area contributed by atoms with Gasteiger partial charge in [-0.15, -0.1) is 0 Å². The quantitative estimate of drug-likeness (QED) is 0.891. The van der Waals surface area contributed by atoms with Crippen molar-refractivity contribution in [3.63, 3.8) is 0 Å². The Labute approximate surface area is 126 Å². The highest BCUT2D eigenvalue weighted by atomic mass is 79.9. The predicted molar refractivity (Wildman–Crippen MR) is 77.5 cm³/mol. The average molecular weight is 339 g/mol. The molecule has 0 spiro atoms. The number of amides is 1. The smallest absolute Gasteiger partial charge is 0.253 e. The van der Waals surface area contributed by atoms with Crippen molar-refractivity contribution in [1.29, 1.82) is 5.26 Å². The van der Waals surface area contributed by atoms with Crippen LogP contribution in [0.4, 0.5) is 4.39 Å². The van der Waals surface area contributed by atoms with Crippen LogP contribution in [0.25, 0.3) is 0 Å². The number of nitriles is 1. The van der Waals surface area contributed by atoms with Gasteiger partial charge in [0.1, 0.15) is 11.4 Å². The maximum Gasteiger partial charge on any atom is 0.253 e. The van der Waals surface area contributed by atoms with E-state index in [4.69, 9.17) is 0 Å². The molecule has 1 N–H and O–H groups in total. The zero-order chi connectivity index (χ0) is 14.8. The molecule has 1 amide bonds. The molecule has 1 aromatic rings. The van der Waals surface area contributed by atoms with Crippen molar-refractivity contribution in [1.82, 2.24) is 5.32 Å². The predicted octanol–water partition coefficient (Wildman–Crippen LogP) is 3.79. The van der Waals surface area contributed by atoms with Crippen LogP contribution < -0.4 is 5.32 Å². The molecule has 5 heteroatoms. The van der Waals surface area contributed by atoms with Crippen LogP contribution in [0, 0.1) is 23.1 Å². The normalized spacial score (nSPS) is 25.8. The van der Waals surface area contributed by atoms with E-state index >= 15 is 0 Å². The van der Waals surface area contributed by atoms with Gasteiger partial charge in [0, 0.05) is 4.47 Å². The third-order valence-corrected chi connectivity index (χ3v) is 4.56. The van der Waals surface area contributed by atoms with E-state index in [1.54, 1.807) is 0 Å². The van der Waals surface area contributed by atoms with E-state index in [1.165, 1.54) is 18.2 Å². The molecule has 0 heterocycles. The lowest BCUT2D eigenvalue weighted by atomic mass is 9.78. The molecule has 20 heavy (non-hydrogen) atoms. The fourth-order valence-corrected chi connectivity index (χ4v) is 2.90. The maximum atomic E-state index is 13.2. The van der Waals surface area contributed by atoms with Gasteiger partial charge in [-0.05, 0) is 65.7 Å². The summed E-state index contributed by atoms with van der Waals surface area (Å²) in [7, 11) is 0. The number of nitrogens with zero attached hydrogens (tertiary/aromatic N) is 1. The highest BCUT2D eigenvalue weighted by Crippen LogP contribution is 2.32. The highest BCUT2D eigenvalue weighted by molar-refractivity contribution is 9.10. The van der Waals surface area contributed by atoms with Crippen LogP contribution in [0.1, 0.15) is 43.0 Å². The standard InChI is InChI=1S/C15H16BrFN2O/c1-10-4-6-15(9-18,7-5-10)19-14(20)12-8-11(17)2-3-13(12)16/h2-3,8,10H,4-7H2,1H3,(H,19,20). The molecule has 106 valence electrons. The van der Waals surface area contributed by atoms with E-state index in [2.05, 4.69) is 34.2 Å². The molecule has 0 saturated heterocycles. The Balaban J connectivity index is 2.18. The molecule has 0 radical (unpaired) electrons. The minimum Gasteiger partial charge on any atom is -0.334 e. The number of hydrogen-bond donors (Lipinski definition) is 1. The van der Waals surface area contributed by atoms with Gasteiger partial charge in [0.25, 0.3) is 5.91 Å². The molecule has 1 aliphatic rings. The number of nitrogens with one attached hydrogen (secondary N) is 1. The van der Waals surface area contributed by atoms with Crippen LogP contribution in [-0.2, 0) is 0 Å². The topological polar surface area (TPSA) is 52.9 Å². The van der Waals surface area contributed by atoms with E-state index in [1.807, 2.05) is 0 Å². The molecule has 2 rings (SSSR count). The number of halogens is 2. The van der Waals surface area contributed by atoms with Gasteiger partial charge >= 0.3 is 0 Å². The Morgan fingerprint density at radius 3 is 2.75 bits per heavy atom. The van der Waals surface area contributed by atoms with Gasteiger partial charge in [-0.25, -0.2) is 4.39 Å². The molecular weight excluding hydrogens is 323 g/mol. The largest absolute Gasteiger partial charge is 0.334 e. The first-order valence-electron chi connectivity index (χ1n) is 6.64. The van der Waals surface area contributed by atoms with Gasteiger partial charge in [-0.1, -0.05) is 6.92 Å². The van der Waals surface area contributed by atoms with E-state index < -0.39 is 17.3 Å². The van der Waals surface area contributed by atoms with Crippen molar-refractivity contribution in [3.8, 4) is 6.07 Å². The van der Waals surface area contributed by atoms with Crippen LogP contribution in [0.3, 0.4) is 0 Å². The van der Waals surface area contributed by atoms with Crippen molar-refractivity contribution < 1.29 is 9.18 Å². The molecule has 0 unspecified atom stereocenters. The molecule has 1 saturated carbocycles. The van der Waals surface area contributed by atoms with Gasteiger partial charge in [-0.3, -0.25) is 4.79 Å². The molecular formula is C15H16BrFN2O. The summed E-state index contributed by atoms with van der Waals surface area (Å²) in [5.41, 5.74) is -0.603. The number of carbonyl (C=O) groups is 1. The fourth-order valence-electron chi connectivity index (χ4n) is 2.48. The molecule has 0 bridgehead atoms. The van der Waals surface area contributed by atoms with E-state index in [0.29, 0.717) is 23.2 Å². The van der Waals surface area contributed by atoms with E-state index in [-0.39, 0.29) is 5.56 Å². The van der Waals surface area contributed by atoms with Crippen molar-refractivity contribution in [3.05, 3.63) is 34.1 Å². The average Bonchev–Trinajstić information content (AvgIpc) is 2.44. The summed E-state index contributed by atoms with van der Waals surface area (Å²) in [6, 6.07) is 6.18. The number of benzene rings is 1. The minimum absolute atomic E-state index is 0.221. The number of carbonyl (C=O) groups excluding carboxylic acids is 1. The summed E-state index contributed by atoms with van der Waals surface area (Å²) < 4.78 is 13.8. The second-order valence-electron chi connectivity index (χ2n) is 5.45. The van der Waals surface area contributed by atoms with Gasteiger partial charge in [0.05, 0.1) is 11.6 Å². The molecule has 0 aromatic heterocycles. The number of rotatable bonds is 2. The Morgan fingerprint density at radius 1 is 1.50 bits per heavy atom. The SMILES string of the molecule is CC1CCC(C#N)(NC(=O)c2cc(F)ccc2Br)CC1. The van der Waals surface area contributed by atoms with Gasteiger partial charge in [-0.2, -0.15) is 5.26 Å². The monoisotopic (exact) mass is 338 g/mol. The Morgan fingerprint density at radius 2 is 2.15 bits per heavy atom. The Hall–Kier alpha value is -1.41. The third kappa shape index (κ3) is 3.18. The van der Waals surface area contributed by atoms with Crippen LogP contribution in [0.2, 0.25) is 0 Å². The molecule has 0 atom stereocenters. The van der Waals surface area contributed by atoms with Crippen LogP contribution in [-0.4, -0.2) is 11.4 Å². The second kappa shape index (κ2) is 5.92. The van der Waals surface area contributed by atoms with Gasteiger partial charge in [0.15, 0.2) is 0 Å². The van der Waals surface area contributed by atoms with Gasteiger partial charge < -0.3 is 5.32 Å². The first kappa shape index (κ1) is 15.0. The Bertz CT molecular complexity index is 559. The minimum atomic E-state index is -0.824. The molecule has 1 aromatic carbocycles. The number of hydrogen-bond acceptors (Lipinski definition) is 2. The lowest BCUT2D eigenvalue weighted by molar-refractivity contribution is 0.0892. The molecule has 3 nitrogen and oxygen atoms in total. The van der Waals surface area contributed by atoms with Crippen molar-refractivity contribution in [2.45, 2.75) is 38.1 Å². The summed E-state index contributed by atoms with van der Waals surface area (Å²) in [6.45, 7) is 2.15. The second-order valence-corrected chi connectivity index (χ2v) is 6.31. The van der Waals surface area contributed by atoms with Crippen LogP contribution in [0.15, 0.2) is 22.7 Å². The Kier molecular flexibility index (Phi) is 4.44. The third-order valence-electron chi connectivity index (χ3n) is 3.87. The van der Waals surface area contributed by atoms with Gasteiger partial charge in [0.2, 0.25) is 0 Å². The molecule has 1 aliphatic carbocycles. The summed E-state index contributed by atoms with van der Waals surface area (Å²) >= 11 is 3.23. The highest BCUT2D eigenvalue weighted by Gasteiger charge is 2.36. The zero-order valence-corrected chi connectivity index (χ0v) is 12.8. The first-order valence-corrected chi connectivity index (χ1v) is 7.44. The molecule has 0 aliphatic heterocycles. The lowest BCUT2D eigenvalue weighted by Gasteiger charge is -2.34. The van der Waals surface area contributed by atoms with Crippen LogP contribution in [0.5, 0.6) is 0 Å². The summed E-state index contributed by atoms with van der Waals surface area (Å²) in [4.78, 5) is 12.3. The van der Waals surface area contributed by atoms with E-state index in [9.17, 15) is 14.4 Å². The van der Waals surface area contributed by atoms with Crippen molar-refractivity contribution in [2.24, 2.45) is 5.92 Å². The summed E-state index contributed by atoms with van der Waals surface area (Å²) in [6.07, 6.45) is 3.11.